The average molecular weight is 613 g/mol. The Morgan fingerprint density at radius 2 is 1.65 bits per heavy atom. The number of ketones is 1. The first-order valence-electron chi connectivity index (χ1n) is 16.1. The quantitative estimate of drug-likeness (QED) is 0.298. The third-order valence-electron chi connectivity index (χ3n) is 12.5. The summed E-state index contributed by atoms with van der Waals surface area (Å²) in [5.41, 5.74) is 0.994. The van der Waals surface area contributed by atoms with Crippen molar-refractivity contribution in [2.24, 2.45) is 58.7 Å². The predicted molar refractivity (Wildman–Crippen MR) is 163 cm³/mol. The van der Waals surface area contributed by atoms with Crippen LogP contribution < -0.4 is 5.32 Å². The van der Waals surface area contributed by atoms with Crippen LogP contribution in [0, 0.1) is 58.7 Å². The van der Waals surface area contributed by atoms with Crippen molar-refractivity contribution in [3.8, 4) is 0 Å². The Bertz CT molecular complexity index is 1280. The van der Waals surface area contributed by atoms with Crippen LogP contribution in [-0.2, 0) is 19.1 Å². The minimum atomic E-state index is -0.688. The van der Waals surface area contributed by atoms with Gasteiger partial charge in [-0.25, -0.2) is 4.98 Å². The van der Waals surface area contributed by atoms with E-state index in [1.165, 1.54) is 18.3 Å². The number of nitrogens with one attached hydrogen (secondary N) is 1. The van der Waals surface area contributed by atoms with Gasteiger partial charge in [0.2, 0.25) is 5.91 Å². The molecule has 1 N–H and O–H groups in total. The Morgan fingerprint density at radius 1 is 1.05 bits per heavy atom. The third kappa shape index (κ3) is 4.07. The van der Waals surface area contributed by atoms with Crippen LogP contribution in [0.25, 0.3) is 0 Å². The van der Waals surface area contributed by atoms with Crippen LogP contribution in [0.15, 0.2) is 5.38 Å². The number of amides is 2. The number of esters is 1. The standard InChI is InChI=1S/C33H48N4O5S/c1-10-16(4)19(11-18(39)13-36(7)8)31(41)37(9)21(15(2)3)12-22(42-17(5)38)30-34-20(14-43-30)29(40)35-33-26-23-27(33)25-28(33)24(26)32(23,25)6/h14-16,19,21-28H,10-13H2,1-9H3,(H,35,40). The predicted octanol–water partition coefficient (Wildman–Crippen LogP) is 4.04. The van der Waals surface area contributed by atoms with Crippen molar-refractivity contribution in [2.45, 2.75) is 78.5 Å². The molecule has 0 spiro atoms. The van der Waals surface area contributed by atoms with Gasteiger partial charge in [0.15, 0.2) is 6.10 Å². The van der Waals surface area contributed by atoms with E-state index in [4.69, 9.17) is 4.74 Å². The topological polar surface area (TPSA) is 109 Å². The highest BCUT2D eigenvalue weighted by Gasteiger charge is 3.09. The van der Waals surface area contributed by atoms with Crippen LogP contribution in [0.5, 0.6) is 0 Å². The number of likely N-dealkylation sites (N-methyl/N-ethyl adjacent to an activating group) is 1. The Kier molecular flexibility index (Phi) is 7.39. The first-order valence-corrected chi connectivity index (χ1v) is 17.0. The van der Waals surface area contributed by atoms with Crippen LogP contribution in [0.4, 0.5) is 0 Å². The Hall–Kier alpha value is -2.33. The molecule has 4 atom stereocenters. The summed E-state index contributed by atoms with van der Waals surface area (Å²) in [4.78, 5) is 60.5. The zero-order valence-corrected chi connectivity index (χ0v) is 27.9. The molecule has 6 fully saturated rings. The second-order valence-corrected chi connectivity index (χ2v) is 15.9. The molecular formula is C33H48N4O5S. The van der Waals surface area contributed by atoms with Gasteiger partial charge in [-0.1, -0.05) is 41.0 Å². The van der Waals surface area contributed by atoms with E-state index in [1.807, 2.05) is 46.7 Å². The highest BCUT2D eigenvalue weighted by molar-refractivity contribution is 7.09. The Balaban J connectivity index is 1.14. The molecule has 0 aliphatic heterocycles. The van der Waals surface area contributed by atoms with Crippen LogP contribution in [0.2, 0.25) is 0 Å². The van der Waals surface area contributed by atoms with Gasteiger partial charge in [0.05, 0.1) is 12.1 Å². The molecule has 43 heavy (non-hydrogen) atoms. The third-order valence-corrected chi connectivity index (χ3v) is 13.4. The van der Waals surface area contributed by atoms with Crippen LogP contribution in [0.3, 0.4) is 0 Å². The lowest BCUT2D eigenvalue weighted by Crippen LogP contribution is -3.14. The van der Waals surface area contributed by atoms with Gasteiger partial charge < -0.3 is 19.9 Å². The van der Waals surface area contributed by atoms with Gasteiger partial charge in [0.1, 0.15) is 16.5 Å². The summed E-state index contributed by atoms with van der Waals surface area (Å²) in [6.07, 6.45) is 0.654. The summed E-state index contributed by atoms with van der Waals surface area (Å²) in [5.74, 6) is 3.59. The minimum absolute atomic E-state index is 0.0276. The number of ether oxygens (including phenoxy) is 1. The number of thiazole rings is 1. The molecule has 4 unspecified atom stereocenters. The smallest absolute Gasteiger partial charge is 0.303 e. The van der Waals surface area contributed by atoms with Crippen molar-refractivity contribution in [1.82, 2.24) is 20.1 Å². The van der Waals surface area contributed by atoms with Gasteiger partial charge >= 0.3 is 5.97 Å². The number of hydrogen-bond acceptors (Lipinski definition) is 8. The SMILES string of the molecule is CCC(C)C(CC(=O)CN(C)C)C(=O)N(C)C(CC(OC(C)=O)c1nc(C(=O)NC23C4C5C2C2C3C4C52C)cs1)C(C)C. The van der Waals surface area contributed by atoms with Gasteiger partial charge in [0.25, 0.3) is 5.91 Å². The molecule has 7 rings (SSSR count). The highest BCUT2D eigenvalue weighted by atomic mass is 32.1. The Labute approximate surface area is 259 Å². The molecule has 2 amide bonds. The first-order chi connectivity index (χ1) is 20.2. The van der Waals surface area contributed by atoms with E-state index < -0.39 is 18.0 Å². The van der Waals surface area contributed by atoms with E-state index in [-0.39, 0.29) is 47.4 Å². The van der Waals surface area contributed by atoms with E-state index in [9.17, 15) is 19.2 Å². The van der Waals surface area contributed by atoms with Crippen LogP contribution >= 0.6 is 11.3 Å². The second-order valence-electron chi connectivity index (χ2n) is 15.0. The zero-order chi connectivity index (χ0) is 31.3. The van der Waals surface area contributed by atoms with E-state index in [2.05, 4.69) is 17.2 Å². The lowest BCUT2D eigenvalue weighted by Gasteiger charge is -3.11. The molecular weight excluding hydrogens is 564 g/mol. The molecule has 1 aromatic rings. The fraction of sp³-hybridized carbons (Fsp3) is 0.788. The van der Waals surface area contributed by atoms with E-state index in [0.717, 1.165) is 24.2 Å². The Morgan fingerprint density at radius 3 is 2.16 bits per heavy atom. The van der Waals surface area contributed by atoms with Crippen molar-refractivity contribution in [1.29, 1.82) is 0 Å². The van der Waals surface area contributed by atoms with Gasteiger partial charge in [0, 0.05) is 44.2 Å². The normalized spacial score (nSPS) is 36.1. The molecule has 6 aliphatic carbocycles. The zero-order valence-electron chi connectivity index (χ0n) is 27.0. The maximum Gasteiger partial charge on any atom is 0.303 e. The fourth-order valence-electron chi connectivity index (χ4n) is 10.5. The van der Waals surface area contributed by atoms with Crippen molar-refractivity contribution < 1.29 is 23.9 Å². The molecule has 236 valence electrons. The van der Waals surface area contributed by atoms with E-state index in [1.54, 1.807) is 17.3 Å². The number of nitrogens with zero attached hydrogens (tertiary/aromatic N) is 3. The summed E-state index contributed by atoms with van der Waals surface area (Å²) >= 11 is 1.32. The summed E-state index contributed by atoms with van der Waals surface area (Å²) in [6.45, 7) is 12.3. The monoisotopic (exact) mass is 612 g/mol. The molecule has 1 aromatic heterocycles. The number of Topliss-reactive ketones (excluding diaryl/α,β-unsaturated/α-hetero) is 1. The summed E-state index contributed by atoms with van der Waals surface area (Å²) in [6, 6.07) is -0.263. The highest BCUT2D eigenvalue weighted by Crippen LogP contribution is 3.06. The number of carbonyl (C=O) groups is 4. The average Bonchev–Trinajstić information content (AvgIpc) is 3.44. The van der Waals surface area contributed by atoms with E-state index >= 15 is 0 Å². The van der Waals surface area contributed by atoms with Crippen LogP contribution in [-0.4, -0.2) is 77.6 Å². The molecule has 6 saturated carbocycles. The first kappa shape index (κ1) is 30.7. The molecule has 0 saturated heterocycles. The van der Waals surface area contributed by atoms with Crippen molar-refractivity contribution in [2.75, 3.05) is 27.7 Å². The number of hydrogen-bond donors (Lipinski definition) is 1. The molecule has 0 aromatic carbocycles. The van der Waals surface area contributed by atoms with Crippen molar-refractivity contribution in [3.05, 3.63) is 16.1 Å². The maximum atomic E-state index is 13.9. The van der Waals surface area contributed by atoms with Crippen LogP contribution in [0.1, 0.15) is 82.4 Å². The minimum Gasteiger partial charge on any atom is -0.455 e. The summed E-state index contributed by atoms with van der Waals surface area (Å²) < 4.78 is 5.78. The lowest BCUT2D eigenvalue weighted by molar-refractivity contribution is -0.620. The lowest BCUT2D eigenvalue weighted by atomic mass is 8.94. The summed E-state index contributed by atoms with van der Waals surface area (Å²) in [7, 11) is 5.49. The van der Waals surface area contributed by atoms with Gasteiger partial charge in [-0.05, 0) is 66.9 Å². The number of aromatic nitrogens is 1. The van der Waals surface area contributed by atoms with Crippen molar-refractivity contribution in [3.63, 3.8) is 0 Å². The number of rotatable bonds is 15. The second kappa shape index (κ2) is 10.4. The molecule has 9 nitrogen and oxygen atoms in total. The van der Waals surface area contributed by atoms with Gasteiger partial charge in [-0.2, -0.15) is 0 Å². The largest absolute Gasteiger partial charge is 0.455 e. The summed E-state index contributed by atoms with van der Waals surface area (Å²) in [5, 5.41) is 5.72. The maximum absolute atomic E-state index is 13.9. The molecule has 10 heteroatoms. The van der Waals surface area contributed by atoms with Gasteiger partial charge in [-0.3, -0.25) is 19.2 Å². The molecule has 1 heterocycles. The molecule has 6 aliphatic rings. The van der Waals surface area contributed by atoms with E-state index in [0.29, 0.717) is 46.8 Å². The molecule has 0 radical (unpaired) electrons. The fourth-order valence-corrected chi connectivity index (χ4v) is 11.4. The number of carbonyl (C=O) groups excluding carboxylic acids is 4. The van der Waals surface area contributed by atoms with Crippen molar-refractivity contribution >= 4 is 34.9 Å². The van der Waals surface area contributed by atoms with Gasteiger partial charge in [-0.15, -0.1) is 11.3 Å². The molecule has 0 bridgehead atoms.